The van der Waals surface area contributed by atoms with Crippen molar-refractivity contribution in [2.45, 2.75) is 12.8 Å². The van der Waals surface area contributed by atoms with Crippen molar-refractivity contribution in [3.63, 3.8) is 0 Å². The van der Waals surface area contributed by atoms with Crippen molar-refractivity contribution in [2.75, 3.05) is 32.4 Å². The zero-order valence-corrected chi connectivity index (χ0v) is 11.0. The van der Waals surface area contributed by atoms with E-state index in [1.54, 1.807) is 7.05 Å². The molecule has 3 N–H and O–H groups in total. The number of anilines is 1. The maximum absolute atomic E-state index is 12.0. The van der Waals surface area contributed by atoms with E-state index < -0.39 is 0 Å². The molecular formula is C12H21N5O. The minimum atomic E-state index is -0.133. The molecule has 1 aliphatic rings. The van der Waals surface area contributed by atoms with E-state index >= 15 is 0 Å². The second-order valence-corrected chi connectivity index (χ2v) is 5.03. The van der Waals surface area contributed by atoms with Crippen LogP contribution in [0.1, 0.15) is 23.3 Å². The van der Waals surface area contributed by atoms with Crippen LogP contribution in [0.15, 0.2) is 6.20 Å². The number of nitrogens with two attached hydrogens (primary N) is 1. The number of likely N-dealkylation sites (tertiary alicyclic amines) is 1. The Labute approximate surface area is 107 Å². The molecular weight excluding hydrogens is 230 g/mol. The van der Waals surface area contributed by atoms with Crippen LogP contribution in [0.2, 0.25) is 0 Å². The van der Waals surface area contributed by atoms with E-state index in [1.807, 2.05) is 0 Å². The fourth-order valence-electron chi connectivity index (χ4n) is 2.32. The lowest BCUT2D eigenvalue weighted by Crippen LogP contribution is -2.37. The zero-order valence-electron chi connectivity index (χ0n) is 11.0. The third-order valence-corrected chi connectivity index (χ3v) is 3.57. The van der Waals surface area contributed by atoms with Crippen molar-refractivity contribution in [1.82, 2.24) is 20.0 Å². The Hall–Kier alpha value is -1.56. The number of rotatable bonds is 3. The first-order chi connectivity index (χ1) is 8.58. The minimum Gasteiger partial charge on any atom is -0.396 e. The van der Waals surface area contributed by atoms with Gasteiger partial charge in [0.2, 0.25) is 0 Å². The molecule has 0 atom stereocenters. The summed E-state index contributed by atoms with van der Waals surface area (Å²) in [6.07, 6.45) is 3.78. The SMILES string of the molecule is CN1CCC(CNC(=O)c2c(N)cnn2C)CC1. The number of piperidine rings is 1. The number of aryl methyl sites for hydroxylation is 1. The second kappa shape index (κ2) is 5.39. The summed E-state index contributed by atoms with van der Waals surface area (Å²) in [4.78, 5) is 14.3. The Kier molecular flexibility index (Phi) is 3.86. The summed E-state index contributed by atoms with van der Waals surface area (Å²) in [6, 6.07) is 0. The molecule has 0 aromatic carbocycles. The van der Waals surface area contributed by atoms with Crippen LogP contribution >= 0.6 is 0 Å². The van der Waals surface area contributed by atoms with Crippen molar-refractivity contribution in [1.29, 1.82) is 0 Å². The summed E-state index contributed by atoms with van der Waals surface area (Å²) in [7, 11) is 3.85. The minimum absolute atomic E-state index is 0.133. The predicted octanol–water partition coefficient (Wildman–Crippen LogP) is 0.0739. The number of nitrogens with one attached hydrogen (secondary N) is 1. The highest BCUT2D eigenvalue weighted by molar-refractivity contribution is 5.97. The molecule has 0 unspecified atom stereocenters. The molecule has 1 aliphatic heterocycles. The largest absolute Gasteiger partial charge is 0.396 e. The molecule has 1 amide bonds. The zero-order chi connectivity index (χ0) is 13.1. The summed E-state index contributed by atoms with van der Waals surface area (Å²) < 4.78 is 1.51. The van der Waals surface area contributed by atoms with E-state index in [-0.39, 0.29) is 5.91 Å². The highest BCUT2D eigenvalue weighted by Crippen LogP contribution is 2.15. The fraction of sp³-hybridized carbons (Fsp3) is 0.667. The quantitative estimate of drug-likeness (QED) is 0.797. The van der Waals surface area contributed by atoms with Crippen molar-refractivity contribution >= 4 is 11.6 Å². The molecule has 1 aromatic rings. The van der Waals surface area contributed by atoms with Crippen molar-refractivity contribution in [3.8, 4) is 0 Å². The molecule has 0 saturated carbocycles. The molecule has 0 bridgehead atoms. The number of aromatic nitrogens is 2. The van der Waals surface area contributed by atoms with E-state index in [9.17, 15) is 4.79 Å². The Balaban J connectivity index is 1.85. The van der Waals surface area contributed by atoms with Gasteiger partial charge in [0.1, 0.15) is 5.69 Å². The average Bonchev–Trinajstić information content (AvgIpc) is 2.68. The summed E-state index contributed by atoms with van der Waals surface area (Å²) in [5, 5.41) is 6.92. The number of carbonyl (C=O) groups excluding carboxylic acids is 1. The number of amides is 1. The van der Waals surface area contributed by atoms with Gasteiger partial charge in [-0.2, -0.15) is 5.10 Å². The molecule has 100 valence electrons. The molecule has 6 heteroatoms. The molecule has 1 aromatic heterocycles. The summed E-state index contributed by atoms with van der Waals surface area (Å²) in [5.74, 6) is 0.436. The average molecular weight is 251 g/mol. The van der Waals surface area contributed by atoms with Gasteiger partial charge in [-0.3, -0.25) is 9.48 Å². The first kappa shape index (κ1) is 12.9. The smallest absolute Gasteiger partial charge is 0.271 e. The molecule has 2 rings (SSSR count). The van der Waals surface area contributed by atoms with E-state index in [0.29, 0.717) is 17.3 Å². The van der Waals surface area contributed by atoms with Crippen LogP contribution in [0, 0.1) is 5.92 Å². The Morgan fingerprint density at radius 3 is 2.72 bits per heavy atom. The highest BCUT2D eigenvalue weighted by atomic mass is 16.2. The molecule has 0 aliphatic carbocycles. The molecule has 1 saturated heterocycles. The lowest BCUT2D eigenvalue weighted by atomic mass is 9.97. The first-order valence-electron chi connectivity index (χ1n) is 6.32. The van der Waals surface area contributed by atoms with Gasteiger partial charge in [-0.05, 0) is 38.9 Å². The Morgan fingerprint density at radius 1 is 1.50 bits per heavy atom. The highest BCUT2D eigenvalue weighted by Gasteiger charge is 2.19. The van der Waals surface area contributed by atoms with Gasteiger partial charge in [-0.1, -0.05) is 0 Å². The van der Waals surface area contributed by atoms with Crippen LogP contribution in [-0.2, 0) is 7.05 Å². The van der Waals surface area contributed by atoms with E-state index in [0.717, 1.165) is 32.5 Å². The van der Waals surface area contributed by atoms with Crippen molar-refractivity contribution in [3.05, 3.63) is 11.9 Å². The van der Waals surface area contributed by atoms with Gasteiger partial charge in [0.25, 0.3) is 5.91 Å². The van der Waals surface area contributed by atoms with Crippen molar-refractivity contribution in [2.24, 2.45) is 13.0 Å². The molecule has 0 spiro atoms. The van der Waals surface area contributed by atoms with E-state index in [4.69, 9.17) is 5.73 Å². The van der Waals surface area contributed by atoms with E-state index in [1.165, 1.54) is 10.9 Å². The number of hydrogen-bond donors (Lipinski definition) is 2. The van der Waals surface area contributed by atoms with Gasteiger partial charge in [0.05, 0.1) is 11.9 Å². The van der Waals surface area contributed by atoms with Crippen LogP contribution in [0.3, 0.4) is 0 Å². The Morgan fingerprint density at radius 2 is 2.17 bits per heavy atom. The Bertz CT molecular complexity index is 401. The molecule has 1 fully saturated rings. The standard InChI is InChI=1S/C12H21N5O/c1-16-5-3-9(4-6-16)7-14-12(18)11-10(13)8-15-17(11)2/h8-9H,3-7,13H2,1-2H3,(H,14,18). The van der Waals surface area contributed by atoms with Crippen molar-refractivity contribution < 1.29 is 4.79 Å². The van der Waals surface area contributed by atoms with Crippen LogP contribution < -0.4 is 11.1 Å². The van der Waals surface area contributed by atoms with Gasteiger partial charge in [-0.15, -0.1) is 0 Å². The number of nitrogen functional groups attached to an aromatic ring is 1. The second-order valence-electron chi connectivity index (χ2n) is 5.03. The summed E-state index contributed by atoms with van der Waals surface area (Å²) in [5.41, 5.74) is 6.59. The van der Waals surface area contributed by atoms with Gasteiger partial charge < -0.3 is 16.0 Å². The maximum Gasteiger partial charge on any atom is 0.271 e. The third-order valence-electron chi connectivity index (χ3n) is 3.57. The van der Waals surface area contributed by atoms with Gasteiger partial charge >= 0.3 is 0 Å². The first-order valence-corrected chi connectivity index (χ1v) is 6.32. The lowest BCUT2D eigenvalue weighted by molar-refractivity contribution is 0.0930. The fourth-order valence-corrected chi connectivity index (χ4v) is 2.32. The van der Waals surface area contributed by atoms with Crippen LogP contribution in [0.4, 0.5) is 5.69 Å². The number of nitrogens with zero attached hydrogens (tertiary/aromatic N) is 3. The van der Waals surface area contributed by atoms with Crippen LogP contribution in [0.5, 0.6) is 0 Å². The maximum atomic E-state index is 12.0. The monoisotopic (exact) mass is 251 g/mol. The van der Waals surface area contributed by atoms with Crippen LogP contribution in [-0.4, -0.2) is 47.3 Å². The molecule has 6 nitrogen and oxygen atoms in total. The van der Waals surface area contributed by atoms with Gasteiger partial charge in [0.15, 0.2) is 0 Å². The third kappa shape index (κ3) is 2.81. The summed E-state index contributed by atoms with van der Waals surface area (Å²) >= 11 is 0. The van der Waals surface area contributed by atoms with E-state index in [2.05, 4.69) is 22.4 Å². The lowest BCUT2D eigenvalue weighted by Gasteiger charge is -2.28. The van der Waals surface area contributed by atoms with Gasteiger partial charge in [0, 0.05) is 13.6 Å². The molecule has 2 heterocycles. The normalized spacial score (nSPS) is 17.9. The molecule has 0 radical (unpaired) electrons. The molecule has 18 heavy (non-hydrogen) atoms. The predicted molar refractivity (Wildman–Crippen MR) is 70.2 cm³/mol. The number of carbonyl (C=O) groups is 1. The topological polar surface area (TPSA) is 76.2 Å². The van der Waals surface area contributed by atoms with Crippen LogP contribution in [0.25, 0.3) is 0 Å². The summed E-state index contributed by atoms with van der Waals surface area (Å²) in [6.45, 7) is 2.93. The van der Waals surface area contributed by atoms with Gasteiger partial charge in [-0.25, -0.2) is 0 Å². The number of hydrogen-bond acceptors (Lipinski definition) is 4.